The third-order valence-corrected chi connectivity index (χ3v) is 6.35. The molecule has 1 unspecified atom stereocenters. The second-order valence-electron chi connectivity index (χ2n) is 8.50. The molecular weight excluding hydrogens is 450 g/mol. The molecular formula is C26H26F2N6O. The van der Waals surface area contributed by atoms with E-state index < -0.39 is 0 Å². The van der Waals surface area contributed by atoms with E-state index in [1.54, 1.807) is 36.1 Å². The molecule has 1 fully saturated rings. The Morgan fingerprint density at radius 2 is 1.46 bits per heavy atom. The second-order valence-corrected chi connectivity index (χ2v) is 8.50. The van der Waals surface area contributed by atoms with Crippen molar-refractivity contribution in [2.75, 3.05) is 38.2 Å². The average molecular weight is 477 g/mol. The summed E-state index contributed by atoms with van der Waals surface area (Å²) in [6, 6.07) is 20.6. The van der Waals surface area contributed by atoms with E-state index in [0.717, 1.165) is 48.7 Å². The van der Waals surface area contributed by atoms with Crippen molar-refractivity contribution in [3.05, 3.63) is 101 Å². The van der Waals surface area contributed by atoms with Gasteiger partial charge in [0.15, 0.2) is 5.82 Å². The number of hydrogen-bond donors (Lipinski definition) is 0. The number of tetrazole rings is 1. The normalized spacial score (nSPS) is 15.2. The van der Waals surface area contributed by atoms with Crippen LogP contribution in [0.1, 0.15) is 23.0 Å². The number of anilines is 1. The molecule has 1 atom stereocenters. The summed E-state index contributed by atoms with van der Waals surface area (Å²) in [5.41, 5.74) is 2.95. The van der Waals surface area contributed by atoms with Crippen molar-refractivity contribution in [1.29, 1.82) is 0 Å². The lowest BCUT2D eigenvalue weighted by Crippen LogP contribution is -2.48. The molecule has 0 spiro atoms. The van der Waals surface area contributed by atoms with E-state index in [1.165, 1.54) is 24.3 Å². The molecule has 5 rings (SSSR count). The van der Waals surface area contributed by atoms with E-state index in [1.807, 2.05) is 12.1 Å². The fraction of sp³-hybridized carbons (Fsp3) is 0.269. The highest BCUT2D eigenvalue weighted by atomic mass is 19.1. The minimum Gasteiger partial charge on any atom is -0.497 e. The summed E-state index contributed by atoms with van der Waals surface area (Å²) in [4.78, 5) is 4.65. The van der Waals surface area contributed by atoms with Crippen molar-refractivity contribution in [1.82, 2.24) is 25.1 Å². The Morgan fingerprint density at radius 1 is 0.829 bits per heavy atom. The van der Waals surface area contributed by atoms with Crippen molar-refractivity contribution >= 4 is 5.69 Å². The number of rotatable bonds is 7. The van der Waals surface area contributed by atoms with Crippen molar-refractivity contribution in [2.45, 2.75) is 12.6 Å². The van der Waals surface area contributed by atoms with E-state index in [9.17, 15) is 8.78 Å². The van der Waals surface area contributed by atoms with Crippen LogP contribution in [0.4, 0.5) is 14.5 Å². The number of hydrogen-bond acceptors (Lipinski definition) is 6. The number of aromatic nitrogens is 4. The molecule has 1 aliphatic rings. The molecule has 0 amide bonds. The van der Waals surface area contributed by atoms with Gasteiger partial charge >= 0.3 is 0 Å². The molecule has 9 heteroatoms. The average Bonchev–Trinajstić information content (AvgIpc) is 3.35. The van der Waals surface area contributed by atoms with Gasteiger partial charge in [-0.25, -0.2) is 13.5 Å². The van der Waals surface area contributed by atoms with E-state index in [-0.39, 0.29) is 17.7 Å². The summed E-state index contributed by atoms with van der Waals surface area (Å²) in [5.74, 6) is 0.919. The molecule has 1 saturated heterocycles. The molecule has 1 aliphatic heterocycles. The minimum atomic E-state index is -0.289. The van der Waals surface area contributed by atoms with E-state index in [0.29, 0.717) is 12.4 Å². The Balaban J connectivity index is 1.39. The van der Waals surface area contributed by atoms with Crippen molar-refractivity contribution in [2.24, 2.45) is 0 Å². The Labute approximate surface area is 202 Å². The summed E-state index contributed by atoms with van der Waals surface area (Å²) in [5, 5.41) is 12.5. The summed E-state index contributed by atoms with van der Waals surface area (Å²) in [6.45, 7) is 3.61. The van der Waals surface area contributed by atoms with Crippen LogP contribution >= 0.6 is 0 Å². The highest BCUT2D eigenvalue weighted by molar-refractivity contribution is 5.49. The first-order valence-electron chi connectivity index (χ1n) is 11.5. The predicted octanol–water partition coefficient (Wildman–Crippen LogP) is 3.92. The minimum absolute atomic E-state index is 0.246. The summed E-state index contributed by atoms with van der Waals surface area (Å²) in [6.07, 6.45) is 0. The fourth-order valence-corrected chi connectivity index (χ4v) is 4.48. The second kappa shape index (κ2) is 10.2. The lowest BCUT2D eigenvalue weighted by molar-refractivity contribution is 0.201. The van der Waals surface area contributed by atoms with E-state index in [4.69, 9.17) is 4.74 Å². The monoisotopic (exact) mass is 476 g/mol. The lowest BCUT2D eigenvalue weighted by Gasteiger charge is -2.40. The Bertz CT molecular complexity index is 1240. The first kappa shape index (κ1) is 22.9. The third-order valence-electron chi connectivity index (χ3n) is 6.35. The topological polar surface area (TPSA) is 59.3 Å². The number of piperazine rings is 1. The van der Waals surface area contributed by atoms with Crippen molar-refractivity contribution in [3.63, 3.8) is 0 Å². The quantitative estimate of drug-likeness (QED) is 0.403. The molecule has 0 N–H and O–H groups in total. The van der Waals surface area contributed by atoms with Gasteiger partial charge in [0.1, 0.15) is 17.4 Å². The standard InChI is InChI=1S/C26H26F2N6O/c1-35-24-12-10-23(11-13-24)32-14-16-33(17-15-32)25(20-4-8-22(28)9-5-20)26-29-30-31-34(26)18-19-2-6-21(27)7-3-19/h2-13,25H,14-18H2,1H3. The van der Waals surface area contributed by atoms with Crippen LogP contribution in [-0.2, 0) is 6.54 Å². The van der Waals surface area contributed by atoms with Gasteiger partial charge in [-0.1, -0.05) is 24.3 Å². The smallest absolute Gasteiger partial charge is 0.173 e. The van der Waals surface area contributed by atoms with E-state index in [2.05, 4.69) is 37.5 Å². The predicted molar refractivity (Wildman–Crippen MR) is 128 cm³/mol. The van der Waals surface area contributed by atoms with Crippen LogP contribution in [-0.4, -0.2) is 58.4 Å². The molecule has 0 aliphatic carbocycles. The zero-order valence-corrected chi connectivity index (χ0v) is 19.4. The highest BCUT2D eigenvalue weighted by Gasteiger charge is 2.31. The zero-order chi connectivity index (χ0) is 24.2. The maximum atomic E-state index is 13.7. The van der Waals surface area contributed by atoms with Crippen molar-refractivity contribution < 1.29 is 13.5 Å². The molecule has 180 valence electrons. The molecule has 3 aromatic carbocycles. The first-order chi connectivity index (χ1) is 17.1. The summed E-state index contributed by atoms with van der Waals surface area (Å²) < 4.78 is 34.1. The van der Waals surface area contributed by atoms with Crippen molar-refractivity contribution in [3.8, 4) is 5.75 Å². The molecule has 4 aromatic rings. The maximum absolute atomic E-state index is 13.7. The van der Waals surface area contributed by atoms with Gasteiger partial charge in [0.2, 0.25) is 0 Å². The first-order valence-corrected chi connectivity index (χ1v) is 11.5. The molecule has 7 nitrogen and oxygen atoms in total. The van der Waals surface area contributed by atoms with Crippen LogP contribution in [0.15, 0.2) is 72.8 Å². The van der Waals surface area contributed by atoms with Crippen LogP contribution in [0, 0.1) is 11.6 Å². The Kier molecular flexibility index (Phi) is 6.67. The number of benzene rings is 3. The Hall–Kier alpha value is -3.85. The number of methoxy groups -OCH3 is 1. The number of nitrogens with zero attached hydrogens (tertiary/aromatic N) is 6. The van der Waals surface area contributed by atoms with Gasteiger partial charge in [0.05, 0.1) is 19.7 Å². The van der Waals surface area contributed by atoms with Gasteiger partial charge in [-0.2, -0.15) is 0 Å². The SMILES string of the molecule is COc1ccc(N2CCN(C(c3ccc(F)cc3)c3nnnn3Cc3ccc(F)cc3)CC2)cc1. The van der Waals surface area contributed by atoms with Crippen LogP contribution < -0.4 is 9.64 Å². The number of halogens is 2. The molecule has 1 aromatic heterocycles. The molecule has 0 bridgehead atoms. The van der Waals surface area contributed by atoms with Crippen LogP contribution in [0.2, 0.25) is 0 Å². The van der Waals surface area contributed by atoms with Gasteiger partial charge < -0.3 is 9.64 Å². The maximum Gasteiger partial charge on any atom is 0.173 e. The molecule has 2 heterocycles. The van der Waals surface area contributed by atoms with Gasteiger partial charge in [0.25, 0.3) is 0 Å². The fourth-order valence-electron chi connectivity index (χ4n) is 4.48. The zero-order valence-electron chi connectivity index (χ0n) is 19.4. The summed E-state index contributed by atoms with van der Waals surface area (Å²) in [7, 11) is 1.66. The Morgan fingerprint density at radius 3 is 2.09 bits per heavy atom. The van der Waals surface area contributed by atoms with Crippen LogP contribution in [0.5, 0.6) is 5.75 Å². The third kappa shape index (κ3) is 5.14. The van der Waals surface area contributed by atoms with E-state index >= 15 is 0 Å². The largest absolute Gasteiger partial charge is 0.497 e. The van der Waals surface area contributed by atoms with Gasteiger partial charge in [0, 0.05) is 31.9 Å². The van der Waals surface area contributed by atoms with Crippen LogP contribution in [0.25, 0.3) is 0 Å². The molecule has 0 radical (unpaired) electrons. The highest BCUT2D eigenvalue weighted by Crippen LogP contribution is 2.30. The number of ether oxygens (including phenoxy) is 1. The van der Waals surface area contributed by atoms with Gasteiger partial charge in [-0.15, -0.1) is 5.10 Å². The van der Waals surface area contributed by atoms with Crippen LogP contribution in [0.3, 0.4) is 0 Å². The lowest BCUT2D eigenvalue weighted by atomic mass is 10.0. The summed E-state index contributed by atoms with van der Waals surface area (Å²) >= 11 is 0. The molecule has 0 saturated carbocycles. The molecule has 35 heavy (non-hydrogen) atoms. The van der Waals surface area contributed by atoms with Gasteiger partial charge in [-0.05, 0) is 70.1 Å². The van der Waals surface area contributed by atoms with Gasteiger partial charge in [-0.3, -0.25) is 4.90 Å².